The number of carbonyl (C=O) groups excluding carboxylic acids is 1. The Bertz CT molecular complexity index is 786. The first-order valence-corrected chi connectivity index (χ1v) is 8.40. The lowest BCUT2D eigenvalue weighted by molar-refractivity contribution is -0.120. The lowest BCUT2D eigenvalue weighted by Gasteiger charge is -2.28. The molecule has 0 fully saturated rings. The monoisotopic (exact) mass is 338 g/mol. The SMILES string of the molecule is CC=Cc1ccc(OCC(=O)N2CCCc3ncccc32)c(OC)c1. The molecular formula is C20H22N2O3. The minimum atomic E-state index is -0.0754. The Hall–Kier alpha value is -2.82. The van der Waals surface area contributed by atoms with Crippen LogP contribution in [-0.2, 0) is 11.2 Å². The van der Waals surface area contributed by atoms with Crippen LogP contribution < -0.4 is 14.4 Å². The van der Waals surface area contributed by atoms with Crippen LogP contribution in [0.2, 0.25) is 0 Å². The third-order valence-corrected chi connectivity index (χ3v) is 4.15. The Morgan fingerprint density at radius 1 is 1.32 bits per heavy atom. The predicted octanol–water partition coefficient (Wildman–Crippen LogP) is 3.48. The minimum Gasteiger partial charge on any atom is -0.493 e. The summed E-state index contributed by atoms with van der Waals surface area (Å²) in [5, 5.41) is 0. The van der Waals surface area contributed by atoms with Gasteiger partial charge in [0.1, 0.15) is 0 Å². The summed E-state index contributed by atoms with van der Waals surface area (Å²) in [7, 11) is 1.59. The molecule has 1 amide bonds. The third-order valence-electron chi connectivity index (χ3n) is 4.15. The first-order valence-electron chi connectivity index (χ1n) is 8.40. The number of amides is 1. The van der Waals surface area contributed by atoms with Crippen molar-refractivity contribution in [3.63, 3.8) is 0 Å². The van der Waals surface area contributed by atoms with Gasteiger partial charge in [-0.05, 0) is 49.6 Å². The molecule has 2 heterocycles. The first kappa shape index (κ1) is 17.0. The van der Waals surface area contributed by atoms with Crippen LogP contribution in [-0.4, -0.2) is 31.2 Å². The van der Waals surface area contributed by atoms with E-state index in [1.54, 1.807) is 18.2 Å². The average molecular weight is 338 g/mol. The number of pyridine rings is 1. The maximum atomic E-state index is 12.6. The maximum absolute atomic E-state index is 12.6. The highest BCUT2D eigenvalue weighted by molar-refractivity contribution is 5.95. The molecule has 0 bridgehead atoms. The highest BCUT2D eigenvalue weighted by Crippen LogP contribution is 2.29. The van der Waals surface area contributed by atoms with Crippen LogP contribution in [0, 0.1) is 0 Å². The van der Waals surface area contributed by atoms with E-state index in [4.69, 9.17) is 9.47 Å². The Balaban J connectivity index is 1.71. The number of hydrogen-bond acceptors (Lipinski definition) is 4. The zero-order valence-corrected chi connectivity index (χ0v) is 14.6. The van der Waals surface area contributed by atoms with Crippen LogP contribution in [0.1, 0.15) is 24.6 Å². The van der Waals surface area contributed by atoms with Gasteiger partial charge in [-0.2, -0.15) is 0 Å². The van der Waals surface area contributed by atoms with Crippen molar-refractivity contribution in [3.05, 3.63) is 53.9 Å². The van der Waals surface area contributed by atoms with Crippen LogP contribution in [0.5, 0.6) is 11.5 Å². The van der Waals surface area contributed by atoms with E-state index >= 15 is 0 Å². The molecule has 3 rings (SSSR count). The predicted molar refractivity (Wildman–Crippen MR) is 98.1 cm³/mol. The van der Waals surface area contributed by atoms with Gasteiger partial charge in [-0.1, -0.05) is 18.2 Å². The second-order valence-electron chi connectivity index (χ2n) is 5.82. The number of allylic oxidation sites excluding steroid dienone is 1. The number of aromatic nitrogens is 1. The number of aryl methyl sites for hydroxylation is 1. The highest BCUT2D eigenvalue weighted by atomic mass is 16.5. The molecule has 1 aliphatic rings. The summed E-state index contributed by atoms with van der Waals surface area (Å²) in [4.78, 5) is 18.7. The van der Waals surface area contributed by atoms with Gasteiger partial charge in [0.2, 0.25) is 0 Å². The highest BCUT2D eigenvalue weighted by Gasteiger charge is 2.23. The summed E-state index contributed by atoms with van der Waals surface area (Å²) in [5.41, 5.74) is 2.88. The van der Waals surface area contributed by atoms with Crippen molar-refractivity contribution in [1.29, 1.82) is 0 Å². The molecule has 1 aliphatic heterocycles. The van der Waals surface area contributed by atoms with Gasteiger partial charge < -0.3 is 14.4 Å². The van der Waals surface area contributed by atoms with Gasteiger partial charge in [0.05, 0.1) is 18.5 Å². The summed E-state index contributed by atoms with van der Waals surface area (Å²) in [5.74, 6) is 1.10. The summed E-state index contributed by atoms with van der Waals surface area (Å²) in [6.45, 7) is 2.62. The Kier molecular flexibility index (Phi) is 5.33. The molecule has 1 aromatic heterocycles. The van der Waals surface area contributed by atoms with Crippen molar-refractivity contribution in [2.24, 2.45) is 0 Å². The molecular weight excluding hydrogens is 316 g/mol. The Morgan fingerprint density at radius 2 is 2.20 bits per heavy atom. The van der Waals surface area contributed by atoms with Crippen molar-refractivity contribution in [2.45, 2.75) is 19.8 Å². The molecule has 0 saturated heterocycles. The summed E-state index contributed by atoms with van der Waals surface area (Å²) in [6, 6.07) is 9.44. The lowest BCUT2D eigenvalue weighted by Crippen LogP contribution is -2.38. The molecule has 0 radical (unpaired) electrons. The van der Waals surface area contributed by atoms with Gasteiger partial charge >= 0.3 is 0 Å². The molecule has 0 unspecified atom stereocenters. The fourth-order valence-electron chi connectivity index (χ4n) is 2.97. The zero-order chi connectivity index (χ0) is 17.6. The van der Waals surface area contributed by atoms with E-state index in [9.17, 15) is 4.79 Å². The van der Waals surface area contributed by atoms with Crippen molar-refractivity contribution in [3.8, 4) is 11.5 Å². The summed E-state index contributed by atoms with van der Waals surface area (Å²) in [6.07, 6.45) is 7.52. The number of benzene rings is 1. The molecule has 0 aliphatic carbocycles. The van der Waals surface area contributed by atoms with Gasteiger partial charge in [0.25, 0.3) is 5.91 Å². The molecule has 0 saturated carbocycles. The van der Waals surface area contributed by atoms with Crippen LogP contribution in [0.4, 0.5) is 5.69 Å². The van der Waals surface area contributed by atoms with Crippen molar-refractivity contribution in [1.82, 2.24) is 4.98 Å². The molecule has 1 aromatic carbocycles. The smallest absolute Gasteiger partial charge is 0.264 e. The van der Waals surface area contributed by atoms with E-state index in [2.05, 4.69) is 4.98 Å². The van der Waals surface area contributed by atoms with E-state index in [-0.39, 0.29) is 12.5 Å². The van der Waals surface area contributed by atoms with E-state index in [1.807, 2.05) is 49.4 Å². The standard InChI is InChI=1S/C20H22N2O3/c1-3-6-15-9-10-18(19(13-15)24-2)25-14-20(23)22-12-5-7-16-17(22)8-4-11-21-16/h3-4,6,8-11,13H,5,7,12,14H2,1-2H3. The van der Waals surface area contributed by atoms with Gasteiger partial charge in [-0.25, -0.2) is 0 Å². The second kappa shape index (κ2) is 7.83. The van der Waals surface area contributed by atoms with E-state index in [0.717, 1.165) is 29.8 Å². The molecule has 5 heteroatoms. The number of nitrogens with zero attached hydrogens (tertiary/aromatic N) is 2. The zero-order valence-electron chi connectivity index (χ0n) is 14.6. The van der Waals surface area contributed by atoms with Crippen molar-refractivity contribution >= 4 is 17.7 Å². The number of fused-ring (bicyclic) bond motifs is 1. The van der Waals surface area contributed by atoms with Crippen LogP contribution >= 0.6 is 0 Å². The van der Waals surface area contributed by atoms with Gasteiger partial charge in [0.15, 0.2) is 18.1 Å². The van der Waals surface area contributed by atoms with Crippen molar-refractivity contribution < 1.29 is 14.3 Å². The van der Waals surface area contributed by atoms with Crippen LogP contribution in [0.15, 0.2) is 42.6 Å². The van der Waals surface area contributed by atoms with E-state index < -0.39 is 0 Å². The Morgan fingerprint density at radius 3 is 3.00 bits per heavy atom. The fourth-order valence-corrected chi connectivity index (χ4v) is 2.97. The maximum Gasteiger partial charge on any atom is 0.264 e. The number of anilines is 1. The third kappa shape index (κ3) is 3.82. The van der Waals surface area contributed by atoms with Crippen molar-refractivity contribution in [2.75, 3.05) is 25.2 Å². The summed E-state index contributed by atoms with van der Waals surface area (Å²) >= 11 is 0. The molecule has 25 heavy (non-hydrogen) atoms. The quantitative estimate of drug-likeness (QED) is 0.837. The molecule has 0 N–H and O–H groups in total. The summed E-state index contributed by atoms with van der Waals surface area (Å²) < 4.78 is 11.1. The van der Waals surface area contributed by atoms with Crippen LogP contribution in [0.25, 0.3) is 6.08 Å². The normalized spacial score (nSPS) is 13.6. The molecule has 2 aromatic rings. The lowest BCUT2D eigenvalue weighted by atomic mass is 10.1. The topological polar surface area (TPSA) is 51.7 Å². The average Bonchev–Trinajstić information content (AvgIpc) is 2.66. The molecule has 0 atom stereocenters. The number of ether oxygens (including phenoxy) is 2. The fraction of sp³-hybridized carbons (Fsp3) is 0.300. The molecule has 0 spiro atoms. The largest absolute Gasteiger partial charge is 0.493 e. The first-order chi connectivity index (χ1) is 12.2. The second-order valence-corrected chi connectivity index (χ2v) is 5.82. The van der Waals surface area contributed by atoms with Gasteiger partial charge in [-0.3, -0.25) is 9.78 Å². The number of hydrogen-bond donors (Lipinski definition) is 0. The van der Waals surface area contributed by atoms with Crippen LogP contribution in [0.3, 0.4) is 0 Å². The number of carbonyl (C=O) groups is 1. The van der Waals surface area contributed by atoms with Gasteiger partial charge in [0, 0.05) is 12.7 Å². The number of methoxy groups -OCH3 is 1. The molecule has 5 nitrogen and oxygen atoms in total. The molecule has 130 valence electrons. The Labute approximate surface area is 147 Å². The van der Waals surface area contributed by atoms with E-state index in [1.165, 1.54) is 0 Å². The van der Waals surface area contributed by atoms with Gasteiger partial charge in [-0.15, -0.1) is 0 Å². The van der Waals surface area contributed by atoms with E-state index in [0.29, 0.717) is 18.0 Å². The number of rotatable bonds is 5. The minimum absolute atomic E-state index is 0.0341.